The molecule has 1 saturated heterocycles. The molecular weight excluding hydrogens is 422 g/mol. The summed E-state index contributed by atoms with van der Waals surface area (Å²) in [4.78, 5) is 19.3. The number of likely N-dealkylation sites (tertiary alicyclic amines) is 1. The van der Waals surface area contributed by atoms with Gasteiger partial charge in [0.15, 0.2) is 5.82 Å². The number of fused-ring (bicyclic) bond motifs is 2. The van der Waals surface area contributed by atoms with Crippen LogP contribution in [0.5, 0.6) is 0 Å². The van der Waals surface area contributed by atoms with Gasteiger partial charge >= 0.3 is 6.09 Å². The van der Waals surface area contributed by atoms with Crippen LogP contribution in [0.3, 0.4) is 0 Å². The van der Waals surface area contributed by atoms with E-state index in [9.17, 15) is 10.1 Å². The minimum atomic E-state index is -0.568. The summed E-state index contributed by atoms with van der Waals surface area (Å²) in [6.07, 6.45) is 3.02. The number of benzene rings is 1. The van der Waals surface area contributed by atoms with Crippen LogP contribution in [0.15, 0.2) is 34.0 Å². The molecule has 10 heteroatoms. The van der Waals surface area contributed by atoms with Gasteiger partial charge in [-0.1, -0.05) is 12.1 Å². The maximum absolute atomic E-state index is 12.7. The molecule has 3 atom stereocenters. The molecule has 3 unspecified atom stereocenters. The van der Waals surface area contributed by atoms with Crippen molar-refractivity contribution in [1.29, 1.82) is 5.26 Å². The first-order valence-corrected chi connectivity index (χ1v) is 11.1. The molecule has 4 heterocycles. The zero-order valence-electron chi connectivity index (χ0n) is 18.8. The number of piperidine rings is 1. The van der Waals surface area contributed by atoms with Crippen LogP contribution in [0.2, 0.25) is 0 Å². The molecule has 2 aliphatic rings. The number of nitriles is 1. The monoisotopic (exact) mass is 447 g/mol. The Labute approximate surface area is 190 Å². The molecule has 0 bridgehead atoms. The van der Waals surface area contributed by atoms with Crippen molar-refractivity contribution in [3.63, 3.8) is 0 Å². The largest absolute Gasteiger partial charge is 0.444 e. The predicted molar refractivity (Wildman–Crippen MR) is 119 cm³/mol. The Morgan fingerprint density at radius 1 is 1.30 bits per heavy atom. The molecule has 0 spiro atoms. The van der Waals surface area contributed by atoms with Crippen molar-refractivity contribution in [2.45, 2.75) is 45.1 Å². The zero-order chi connectivity index (χ0) is 23.2. The van der Waals surface area contributed by atoms with Crippen LogP contribution < -0.4 is 0 Å². The fraction of sp³-hybridized carbons (Fsp3) is 0.478. The van der Waals surface area contributed by atoms with E-state index in [0.717, 1.165) is 29.7 Å². The number of aromatic nitrogens is 4. The van der Waals surface area contributed by atoms with E-state index in [1.54, 1.807) is 11.1 Å². The highest BCUT2D eigenvalue weighted by atomic mass is 16.6. The van der Waals surface area contributed by atoms with Crippen molar-refractivity contribution >= 4 is 28.7 Å². The molecule has 0 aliphatic carbocycles. The topological polar surface area (TPSA) is 133 Å². The van der Waals surface area contributed by atoms with Crippen LogP contribution in [0.25, 0.3) is 11.0 Å². The van der Waals surface area contributed by atoms with E-state index in [0.29, 0.717) is 29.9 Å². The average Bonchev–Trinajstić information content (AvgIpc) is 3.45. The van der Waals surface area contributed by atoms with Gasteiger partial charge in [-0.25, -0.2) is 14.4 Å². The van der Waals surface area contributed by atoms with Crippen molar-refractivity contribution < 1.29 is 14.2 Å². The average molecular weight is 447 g/mol. The second kappa shape index (κ2) is 7.99. The third-order valence-corrected chi connectivity index (χ3v) is 6.16. The molecule has 1 amide bonds. The van der Waals surface area contributed by atoms with Crippen LogP contribution in [0.4, 0.5) is 10.6 Å². The second-order valence-electron chi connectivity index (χ2n) is 9.54. The molecule has 0 radical (unpaired) electrons. The number of hydrogen-bond donors (Lipinski definition) is 1. The Balaban J connectivity index is 1.52. The van der Waals surface area contributed by atoms with Gasteiger partial charge in [0.1, 0.15) is 16.6 Å². The molecule has 2 aliphatic heterocycles. The fourth-order valence-electron chi connectivity index (χ4n) is 4.78. The summed E-state index contributed by atoms with van der Waals surface area (Å²) in [7, 11) is 0. The minimum Gasteiger partial charge on any atom is -0.444 e. The Morgan fingerprint density at radius 3 is 2.94 bits per heavy atom. The summed E-state index contributed by atoms with van der Waals surface area (Å²) in [5, 5.41) is 25.5. The van der Waals surface area contributed by atoms with Gasteiger partial charge in [-0.05, 0) is 55.6 Å². The van der Waals surface area contributed by atoms with E-state index in [2.05, 4.69) is 26.6 Å². The minimum absolute atomic E-state index is 0.0653. The second-order valence-corrected chi connectivity index (χ2v) is 9.54. The number of H-pyrrole nitrogens is 1. The summed E-state index contributed by atoms with van der Waals surface area (Å²) in [6, 6.07) is 8.13. The highest BCUT2D eigenvalue weighted by Gasteiger charge is 2.41. The Bertz CT molecular complexity index is 1260. The maximum atomic E-state index is 12.7. The Kier molecular flexibility index (Phi) is 5.12. The molecule has 1 aromatic carbocycles. The number of amides is 1. The van der Waals surface area contributed by atoms with E-state index in [-0.39, 0.29) is 17.9 Å². The van der Waals surface area contributed by atoms with Gasteiger partial charge in [0.2, 0.25) is 0 Å². The smallest absolute Gasteiger partial charge is 0.410 e. The van der Waals surface area contributed by atoms with Crippen molar-refractivity contribution in [1.82, 2.24) is 25.4 Å². The van der Waals surface area contributed by atoms with Crippen LogP contribution in [-0.2, 0) is 4.74 Å². The number of nitrogens with zero attached hydrogens (tertiary/aromatic N) is 6. The van der Waals surface area contributed by atoms with Crippen molar-refractivity contribution in [2.24, 2.45) is 16.8 Å². The molecule has 2 aromatic heterocycles. The lowest BCUT2D eigenvalue weighted by molar-refractivity contribution is 0.0192. The normalized spacial score (nSPS) is 23.0. The third kappa shape index (κ3) is 3.84. The number of carbonyl (C=O) groups excluding carboxylic acids is 1. The van der Waals surface area contributed by atoms with Crippen LogP contribution >= 0.6 is 0 Å². The van der Waals surface area contributed by atoms with E-state index in [1.807, 2.05) is 39.0 Å². The van der Waals surface area contributed by atoms with Gasteiger partial charge in [0.05, 0.1) is 18.2 Å². The van der Waals surface area contributed by atoms with E-state index >= 15 is 0 Å². The maximum Gasteiger partial charge on any atom is 0.410 e. The standard InChI is InChI=1S/C23H25N7O3/c1-23(2,3)32-22(31)30-9-5-6-13(12-30)19-15(10-24)18(16-11-25-27-21(16)26-19)14-7-4-8-17-20(14)29-33-28-17/h4,7-8,11,13,15,18H,5-6,9,12H2,1-3H3,(H,25,27). The van der Waals surface area contributed by atoms with Crippen LogP contribution in [0.1, 0.15) is 50.7 Å². The summed E-state index contributed by atoms with van der Waals surface area (Å²) >= 11 is 0. The molecule has 10 nitrogen and oxygen atoms in total. The number of aromatic amines is 1. The lowest BCUT2D eigenvalue weighted by Gasteiger charge is -2.37. The molecular formula is C23H25N7O3. The highest BCUT2D eigenvalue weighted by Crippen LogP contribution is 2.45. The lowest BCUT2D eigenvalue weighted by atomic mass is 9.73. The Hall–Kier alpha value is -3.74. The van der Waals surface area contributed by atoms with Crippen molar-refractivity contribution in [2.75, 3.05) is 13.1 Å². The van der Waals surface area contributed by atoms with Gasteiger partial charge < -0.3 is 9.64 Å². The van der Waals surface area contributed by atoms with Gasteiger partial charge in [-0.15, -0.1) is 0 Å². The summed E-state index contributed by atoms with van der Waals surface area (Å²) in [5.41, 5.74) is 3.11. The van der Waals surface area contributed by atoms with Gasteiger partial charge in [0, 0.05) is 36.2 Å². The number of nitrogens with one attached hydrogen (secondary N) is 1. The lowest BCUT2D eigenvalue weighted by Crippen LogP contribution is -2.46. The van der Waals surface area contributed by atoms with Crippen LogP contribution in [-0.4, -0.2) is 55.9 Å². The first kappa shape index (κ1) is 21.1. The summed E-state index contributed by atoms with van der Waals surface area (Å²) < 4.78 is 10.5. The first-order chi connectivity index (χ1) is 15.9. The first-order valence-electron chi connectivity index (χ1n) is 11.1. The molecule has 5 rings (SSSR count). The number of ether oxygens (including phenoxy) is 1. The molecule has 170 valence electrons. The molecule has 3 aromatic rings. The molecule has 0 saturated carbocycles. The SMILES string of the molecule is CC(C)(C)OC(=O)N1CCCC(C2=Nc3[nH]ncc3C(c3cccc4nonc34)C2C#N)C1. The fourth-order valence-corrected chi connectivity index (χ4v) is 4.78. The van der Waals surface area contributed by atoms with Gasteiger partial charge in [0.25, 0.3) is 0 Å². The van der Waals surface area contributed by atoms with Crippen LogP contribution in [0, 0.1) is 23.2 Å². The number of hydrogen-bond acceptors (Lipinski definition) is 8. The zero-order valence-corrected chi connectivity index (χ0v) is 18.8. The quantitative estimate of drug-likeness (QED) is 0.628. The number of carbonyl (C=O) groups is 1. The van der Waals surface area contributed by atoms with E-state index < -0.39 is 11.5 Å². The third-order valence-electron chi connectivity index (χ3n) is 6.16. The summed E-state index contributed by atoms with van der Waals surface area (Å²) in [5.74, 6) is -0.307. The summed E-state index contributed by atoms with van der Waals surface area (Å²) in [6.45, 7) is 6.64. The molecule has 1 fully saturated rings. The molecule has 33 heavy (non-hydrogen) atoms. The van der Waals surface area contributed by atoms with Gasteiger partial charge in [-0.3, -0.25) is 5.10 Å². The van der Waals surface area contributed by atoms with Crippen molar-refractivity contribution in [3.05, 3.63) is 35.5 Å². The van der Waals surface area contributed by atoms with Gasteiger partial charge in [-0.2, -0.15) is 10.4 Å². The Morgan fingerprint density at radius 2 is 2.15 bits per heavy atom. The predicted octanol–water partition coefficient (Wildman–Crippen LogP) is 3.95. The van der Waals surface area contributed by atoms with E-state index in [4.69, 9.17) is 14.4 Å². The molecule has 1 N–H and O–H groups in total. The number of aliphatic imine (C=N–C) groups is 1. The van der Waals surface area contributed by atoms with Crippen molar-refractivity contribution in [3.8, 4) is 6.07 Å². The highest BCUT2D eigenvalue weighted by molar-refractivity contribution is 5.97. The number of rotatable bonds is 2. The van der Waals surface area contributed by atoms with E-state index in [1.165, 1.54) is 0 Å².